The number of benzene rings is 1. The molecule has 4 heteroatoms. The molecule has 0 saturated heterocycles. The fraction of sp³-hybridized carbons (Fsp3) is 0.562. The molecule has 2 aliphatic carbocycles. The van der Waals surface area contributed by atoms with Crippen molar-refractivity contribution in [3.63, 3.8) is 0 Å². The molecule has 3 rings (SSSR count). The van der Waals surface area contributed by atoms with Gasteiger partial charge in [-0.1, -0.05) is 13.8 Å². The van der Waals surface area contributed by atoms with Crippen molar-refractivity contribution < 1.29 is 13.9 Å². The van der Waals surface area contributed by atoms with Crippen LogP contribution in [0.3, 0.4) is 0 Å². The molecule has 0 amide bonds. The van der Waals surface area contributed by atoms with E-state index in [-0.39, 0.29) is 23.3 Å². The molecule has 0 N–H and O–H groups in total. The normalized spacial score (nSPS) is 35.3. The van der Waals surface area contributed by atoms with Crippen LogP contribution in [0.5, 0.6) is 0 Å². The number of rotatable bonds is 2. The highest BCUT2D eigenvalue weighted by molar-refractivity contribution is 9.10. The summed E-state index contributed by atoms with van der Waals surface area (Å²) in [4.78, 5) is 12.2. The summed E-state index contributed by atoms with van der Waals surface area (Å²) in [5.41, 5.74) is 0.509. The van der Waals surface area contributed by atoms with E-state index in [1.165, 1.54) is 24.6 Å². The van der Waals surface area contributed by atoms with Crippen molar-refractivity contribution in [3.8, 4) is 0 Å². The number of fused-ring (bicyclic) bond motifs is 2. The molecule has 2 fully saturated rings. The summed E-state index contributed by atoms with van der Waals surface area (Å²) in [6.07, 6.45) is 3.33. The molecule has 4 unspecified atom stereocenters. The van der Waals surface area contributed by atoms with Crippen molar-refractivity contribution in [1.82, 2.24) is 0 Å². The Labute approximate surface area is 126 Å². The smallest absolute Gasteiger partial charge is 0.338 e. The molecule has 0 aromatic heterocycles. The Balaban J connectivity index is 1.75. The van der Waals surface area contributed by atoms with Gasteiger partial charge in [0.15, 0.2) is 0 Å². The molecule has 0 spiro atoms. The zero-order valence-corrected chi connectivity index (χ0v) is 13.2. The largest absolute Gasteiger partial charge is 0.458 e. The van der Waals surface area contributed by atoms with Gasteiger partial charge in [-0.15, -0.1) is 0 Å². The average Bonchev–Trinajstić information content (AvgIpc) is 2.82. The van der Waals surface area contributed by atoms with Gasteiger partial charge >= 0.3 is 5.97 Å². The summed E-state index contributed by atoms with van der Waals surface area (Å²) in [7, 11) is 0. The van der Waals surface area contributed by atoms with Gasteiger partial charge < -0.3 is 4.74 Å². The van der Waals surface area contributed by atoms with E-state index in [0.29, 0.717) is 21.9 Å². The first-order valence-corrected chi connectivity index (χ1v) is 7.87. The number of esters is 1. The molecule has 2 saturated carbocycles. The highest BCUT2D eigenvalue weighted by Crippen LogP contribution is 2.59. The minimum atomic E-state index is -0.373. The van der Waals surface area contributed by atoms with E-state index >= 15 is 0 Å². The zero-order chi connectivity index (χ0) is 14.5. The van der Waals surface area contributed by atoms with Gasteiger partial charge in [-0.3, -0.25) is 0 Å². The van der Waals surface area contributed by atoms with Crippen LogP contribution in [0.15, 0.2) is 22.7 Å². The van der Waals surface area contributed by atoms with Crippen LogP contribution in [0.2, 0.25) is 0 Å². The van der Waals surface area contributed by atoms with Gasteiger partial charge in [0.2, 0.25) is 0 Å². The molecular formula is C16H18BrFO2. The van der Waals surface area contributed by atoms with Crippen LogP contribution in [0.1, 0.15) is 43.5 Å². The van der Waals surface area contributed by atoms with Crippen LogP contribution in [0.4, 0.5) is 4.39 Å². The first-order chi connectivity index (χ1) is 9.41. The van der Waals surface area contributed by atoms with Gasteiger partial charge in [-0.25, -0.2) is 9.18 Å². The fourth-order valence-electron chi connectivity index (χ4n) is 3.84. The van der Waals surface area contributed by atoms with Crippen molar-refractivity contribution in [2.75, 3.05) is 0 Å². The molecule has 0 aliphatic heterocycles. The van der Waals surface area contributed by atoms with E-state index in [1.807, 2.05) is 0 Å². The van der Waals surface area contributed by atoms with Gasteiger partial charge in [0, 0.05) is 5.41 Å². The highest BCUT2D eigenvalue weighted by Gasteiger charge is 2.56. The van der Waals surface area contributed by atoms with Crippen LogP contribution >= 0.6 is 15.9 Å². The number of carbonyl (C=O) groups excluding carboxylic acids is 1. The van der Waals surface area contributed by atoms with E-state index in [2.05, 4.69) is 29.8 Å². The summed E-state index contributed by atoms with van der Waals surface area (Å²) in [6.45, 7) is 4.49. The Bertz CT molecular complexity index is 559. The second kappa shape index (κ2) is 4.83. The van der Waals surface area contributed by atoms with E-state index in [4.69, 9.17) is 4.74 Å². The summed E-state index contributed by atoms with van der Waals surface area (Å²) < 4.78 is 19.2. The quantitative estimate of drug-likeness (QED) is 0.737. The van der Waals surface area contributed by atoms with Crippen molar-refractivity contribution in [3.05, 3.63) is 34.1 Å². The molecular weight excluding hydrogens is 323 g/mol. The van der Waals surface area contributed by atoms with Gasteiger partial charge in [-0.2, -0.15) is 0 Å². The lowest BCUT2D eigenvalue weighted by Gasteiger charge is -2.32. The predicted molar refractivity (Wildman–Crippen MR) is 77.9 cm³/mol. The molecule has 0 heterocycles. The van der Waals surface area contributed by atoms with Crippen molar-refractivity contribution in [2.24, 2.45) is 17.3 Å². The third kappa shape index (κ3) is 2.09. The lowest BCUT2D eigenvalue weighted by molar-refractivity contribution is -0.0118. The number of halogens is 2. The number of hydrogen-bond donors (Lipinski definition) is 0. The second-order valence-electron chi connectivity index (χ2n) is 6.35. The van der Waals surface area contributed by atoms with E-state index in [0.717, 1.165) is 12.8 Å². The minimum absolute atomic E-state index is 0.00687. The van der Waals surface area contributed by atoms with Crippen LogP contribution < -0.4 is 0 Å². The molecule has 4 atom stereocenters. The van der Waals surface area contributed by atoms with Crippen LogP contribution in [-0.4, -0.2) is 12.1 Å². The van der Waals surface area contributed by atoms with Gasteiger partial charge in [0.1, 0.15) is 11.9 Å². The van der Waals surface area contributed by atoms with Gasteiger partial charge in [-0.05, 0) is 65.2 Å². The maximum absolute atomic E-state index is 13.2. The molecule has 108 valence electrons. The van der Waals surface area contributed by atoms with E-state index in [9.17, 15) is 9.18 Å². The zero-order valence-electron chi connectivity index (χ0n) is 11.7. The maximum atomic E-state index is 13.2. The third-order valence-electron chi connectivity index (χ3n) is 5.46. The van der Waals surface area contributed by atoms with Crippen LogP contribution in [-0.2, 0) is 4.74 Å². The van der Waals surface area contributed by atoms with Crippen molar-refractivity contribution >= 4 is 21.9 Å². The monoisotopic (exact) mass is 340 g/mol. The van der Waals surface area contributed by atoms with Gasteiger partial charge in [0.05, 0.1) is 10.0 Å². The number of hydrogen-bond acceptors (Lipinski definition) is 2. The maximum Gasteiger partial charge on any atom is 0.338 e. The molecule has 0 radical (unpaired) electrons. The Morgan fingerprint density at radius 2 is 2.25 bits per heavy atom. The number of ether oxygens (including phenoxy) is 1. The Morgan fingerprint density at radius 3 is 2.80 bits per heavy atom. The predicted octanol–water partition coefficient (Wildman–Crippen LogP) is 4.57. The average molecular weight is 341 g/mol. The van der Waals surface area contributed by atoms with Crippen LogP contribution in [0, 0.1) is 23.1 Å². The summed E-state index contributed by atoms with van der Waals surface area (Å²) in [5, 5.41) is 0. The Hall–Kier alpha value is -0.900. The molecule has 2 nitrogen and oxygen atoms in total. The molecule has 2 aliphatic rings. The minimum Gasteiger partial charge on any atom is -0.458 e. The third-order valence-corrected chi connectivity index (χ3v) is 6.07. The van der Waals surface area contributed by atoms with Crippen LogP contribution in [0.25, 0.3) is 0 Å². The highest BCUT2D eigenvalue weighted by atomic mass is 79.9. The standard InChI is InChI=1S/C16H18BrFO2/c1-9-10-5-6-16(9,2)14(8-10)20-15(19)11-3-4-13(18)12(17)7-11/h3-4,7,9-10,14H,5-6,8H2,1-2H3. The lowest BCUT2D eigenvalue weighted by Crippen LogP contribution is -2.34. The molecule has 1 aromatic rings. The summed E-state index contributed by atoms with van der Waals surface area (Å²) in [5.74, 6) is 0.566. The molecule has 1 aromatic carbocycles. The summed E-state index contributed by atoms with van der Waals surface area (Å²) in [6, 6.07) is 4.24. The van der Waals surface area contributed by atoms with Gasteiger partial charge in [0.25, 0.3) is 0 Å². The summed E-state index contributed by atoms with van der Waals surface area (Å²) >= 11 is 3.10. The molecule has 2 bridgehead atoms. The van der Waals surface area contributed by atoms with E-state index in [1.54, 1.807) is 0 Å². The SMILES string of the molecule is CC1C2CCC1(C)C(OC(=O)c1ccc(F)c(Br)c1)C2. The molecule has 20 heavy (non-hydrogen) atoms. The van der Waals surface area contributed by atoms with Crippen molar-refractivity contribution in [2.45, 2.75) is 39.2 Å². The van der Waals surface area contributed by atoms with Crippen molar-refractivity contribution in [1.29, 1.82) is 0 Å². The van der Waals surface area contributed by atoms with E-state index < -0.39 is 0 Å². The Kier molecular flexibility index (Phi) is 3.39. The Morgan fingerprint density at radius 1 is 1.50 bits per heavy atom. The topological polar surface area (TPSA) is 26.3 Å². The lowest BCUT2D eigenvalue weighted by atomic mass is 9.80. The second-order valence-corrected chi connectivity index (χ2v) is 7.21. The fourth-order valence-corrected chi connectivity index (χ4v) is 4.21. The first kappa shape index (κ1) is 14.1. The number of carbonyl (C=O) groups is 1. The first-order valence-electron chi connectivity index (χ1n) is 7.08.